The summed E-state index contributed by atoms with van der Waals surface area (Å²) in [6, 6.07) is 3.30. The van der Waals surface area contributed by atoms with Crippen molar-refractivity contribution in [2.75, 3.05) is 18.0 Å². The minimum absolute atomic E-state index is 0.0384. The average Bonchev–Trinajstić information content (AvgIpc) is 2.96. The molecule has 23 heavy (non-hydrogen) atoms. The Morgan fingerprint density at radius 3 is 3.04 bits per heavy atom. The van der Waals surface area contributed by atoms with Crippen LogP contribution in [0, 0.1) is 5.82 Å². The molecule has 1 saturated heterocycles. The Kier molecular flexibility index (Phi) is 4.18. The molecule has 1 fully saturated rings. The van der Waals surface area contributed by atoms with Crippen LogP contribution in [0.4, 0.5) is 10.1 Å². The van der Waals surface area contributed by atoms with Crippen molar-refractivity contribution >= 4 is 11.6 Å². The number of halogens is 1. The summed E-state index contributed by atoms with van der Waals surface area (Å²) in [5, 5.41) is 16.8. The quantitative estimate of drug-likeness (QED) is 0.903. The molecular formula is C16H19FN4O2. The van der Waals surface area contributed by atoms with Crippen LogP contribution in [0.2, 0.25) is 0 Å². The molecule has 0 radical (unpaired) electrons. The van der Waals surface area contributed by atoms with Gasteiger partial charge >= 0.3 is 0 Å². The van der Waals surface area contributed by atoms with E-state index in [9.17, 15) is 14.3 Å². The maximum atomic E-state index is 13.3. The second-order valence-electron chi connectivity index (χ2n) is 5.79. The summed E-state index contributed by atoms with van der Waals surface area (Å²) in [5.41, 5.74) is 0.976. The van der Waals surface area contributed by atoms with Gasteiger partial charge in [-0.1, -0.05) is 0 Å². The molecule has 1 aliphatic rings. The molecule has 6 nitrogen and oxygen atoms in total. The highest BCUT2D eigenvalue weighted by Gasteiger charge is 2.23. The molecule has 0 unspecified atom stereocenters. The highest BCUT2D eigenvalue weighted by molar-refractivity contribution is 5.97. The van der Waals surface area contributed by atoms with Gasteiger partial charge in [0.1, 0.15) is 11.6 Å². The smallest absolute Gasteiger partial charge is 0.255 e. The Labute approximate surface area is 133 Å². The van der Waals surface area contributed by atoms with Crippen LogP contribution in [0.15, 0.2) is 30.6 Å². The fourth-order valence-electron chi connectivity index (χ4n) is 2.85. The van der Waals surface area contributed by atoms with Crippen molar-refractivity contribution in [3.63, 3.8) is 0 Å². The van der Waals surface area contributed by atoms with Gasteiger partial charge in [0.15, 0.2) is 0 Å². The summed E-state index contributed by atoms with van der Waals surface area (Å²) in [6.07, 6.45) is 5.51. The number of benzene rings is 1. The van der Waals surface area contributed by atoms with Crippen molar-refractivity contribution in [2.24, 2.45) is 7.05 Å². The second kappa shape index (κ2) is 6.28. The van der Waals surface area contributed by atoms with Gasteiger partial charge in [0.2, 0.25) is 0 Å². The first-order valence-corrected chi connectivity index (χ1v) is 7.56. The molecule has 3 rings (SSSR count). The number of phenolic OH excluding ortho intramolecular Hbond substituents is 1. The van der Waals surface area contributed by atoms with Crippen LogP contribution in [0.3, 0.4) is 0 Å². The molecule has 0 spiro atoms. The van der Waals surface area contributed by atoms with E-state index in [0.29, 0.717) is 6.54 Å². The van der Waals surface area contributed by atoms with Crippen molar-refractivity contribution in [2.45, 2.75) is 18.9 Å². The van der Waals surface area contributed by atoms with Crippen LogP contribution < -0.4 is 10.2 Å². The first-order chi connectivity index (χ1) is 11.0. The summed E-state index contributed by atoms with van der Waals surface area (Å²) in [4.78, 5) is 14.4. The number of phenols is 1. The number of nitrogens with zero attached hydrogens (tertiary/aromatic N) is 3. The molecule has 122 valence electrons. The molecule has 0 aliphatic carbocycles. The largest absolute Gasteiger partial charge is 0.507 e. The number of rotatable bonds is 3. The van der Waals surface area contributed by atoms with Gasteiger partial charge in [-0.25, -0.2) is 4.39 Å². The van der Waals surface area contributed by atoms with Crippen molar-refractivity contribution in [1.29, 1.82) is 0 Å². The van der Waals surface area contributed by atoms with E-state index >= 15 is 0 Å². The zero-order valence-electron chi connectivity index (χ0n) is 12.9. The molecule has 1 aliphatic heterocycles. The Morgan fingerprint density at radius 1 is 1.48 bits per heavy atom. The van der Waals surface area contributed by atoms with Gasteiger partial charge in [-0.2, -0.15) is 5.10 Å². The maximum absolute atomic E-state index is 13.3. The van der Waals surface area contributed by atoms with E-state index in [4.69, 9.17) is 0 Å². The standard InChI is InChI=1S/C16H19FN4O2/c1-20-10-13(8-18-20)21-6-2-3-12(9-21)19-16(23)14-7-11(17)4-5-15(14)22/h4-5,7-8,10,12,22H,2-3,6,9H2,1H3,(H,19,23)/t12-/m0/s1. The second-order valence-corrected chi connectivity index (χ2v) is 5.79. The third-order valence-corrected chi connectivity index (χ3v) is 4.02. The van der Waals surface area contributed by atoms with E-state index < -0.39 is 11.7 Å². The Hall–Kier alpha value is -2.57. The third-order valence-electron chi connectivity index (χ3n) is 4.02. The predicted octanol–water partition coefficient (Wildman–Crippen LogP) is 1.66. The lowest BCUT2D eigenvalue weighted by Crippen LogP contribution is -2.47. The van der Waals surface area contributed by atoms with Gasteiger partial charge in [-0.3, -0.25) is 9.48 Å². The first kappa shape index (κ1) is 15.3. The van der Waals surface area contributed by atoms with Crippen LogP contribution in [0.25, 0.3) is 0 Å². The number of anilines is 1. The van der Waals surface area contributed by atoms with Crippen molar-refractivity contribution in [3.05, 3.63) is 42.0 Å². The van der Waals surface area contributed by atoms with E-state index in [2.05, 4.69) is 15.3 Å². The number of nitrogens with one attached hydrogen (secondary N) is 1. The number of aromatic nitrogens is 2. The Balaban J connectivity index is 1.67. The lowest BCUT2D eigenvalue weighted by atomic mass is 10.0. The number of carbonyl (C=O) groups is 1. The van der Waals surface area contributed by atoms with Gasteiger partial charge < -0.3 is 15.3 Å². The maximum Gasteiger partial charge on any atom is 0.255 e. The molecule has 1 atom stereocenters. The zero-order valence-corrected chi connectivity index (χ0v) is 12.9. The summed E-state index contributed by atoms with van der Waals surface area (Å²) in [7, 11) is 1.86. The Bertz CT molecular complexity index is 716. The summed E-state index contributed by atoms with van der Waals surface area (Å²) in [6.45, 7) is 1.57. The highest BCUT2D eigenvalue weighted by atomic mass is 19.1. The van der Waals surface area contributed by atoms with Gasteiger partial charge in [0.05, 0.1) is 17.4 Å². The normalized spacial score (nSPS) is 18.0. The van der Waals surface area contributed by atoms with Crippen molar-refractivity contribution in [3.8, 4) is 5.75 Å². The van der Waals surface area contributed by atoms with Crippen LogP contribution in [-0.4, -0.2) is 39.9 Å². The molecule has 2 N–H and O–H groups in total. The first-order valence-electron chi connectivity index (χ1n) is 7.56. The van der Waals surface area contributed by atoms with E-state index in [0.717, 1.165) is 37.2 Å². The minimum atomic E-state index is -0.548. The van der Waals surface area contributed by atoms with Crippen molar-refractivity contribution < 1.29 is 14.3 Å². The Morgan fingerprint density at radius 2 is 2.30 bits per heavy atom. The van der Waals surface area contributed by atoms with Gasteiger partial charge in [-0.15, -0.1) is 0 Å². The van der Waals surface area contributed by atoms with Gasteiger partial charge in [0, 0.05) is 32.4 Å². The number of piperidine rings is 1. The fourth-order valence-corrected chi connectivity index (χ4v) is 2.85. The lowest BCUT2D eigenvalue weighted by molar-refractivity contribution is 0.0930. The molecular weight excluding hydrogens is 299 g/mol. The fraction of sp³-hybridized carbons (Fsp3) is 0.375. The molecule has 2 aromatic rings. The minimum Gasteiger partial charge on any atom is -0.507 e. The molecule has 0 bridgehead atoms. The third kappa shape index (κ3) is 3.44. The topological polar surface area (TPSA) is 70.4 Å². The SMILES string of the molecule is Cn1cc(N2CCC[C@H](NC(=O)c3cc(F)ccc3O)C2)cn1. The number of amides is 1. The van der Waals surface area contributed by atoms with E-state index in [-0.39, 0.29) is 17.4 Å². The molecule has 0 saturated carbocycles. The average molecular weight is 318 g/mol. The predicted molar refractivity (Wildman–Crippen MR) is 84.0 cm³/mol. The zero-order chi connectivity index (χ0) is 16.4. The molecule has 7 heteroatoms. The monoisotopic (exact) mass is 318 g/mol. The highest BCUT2D eigenvalue weighted by Crippen LogP contribution is 2.21. The molecule has 1 aromatic carbocycles. The van der Waals surface area contributed by atoms with Crippen molar-refractivity contribution in [1.82, 2.24) is 15.1 Å². The molecule has 1 amide bonds. The summed E-state index contributed by atoms with van der Waals surface area (Å²) < 4.78 is 15.0. The number of hydrogen-bond donors (Lipinski definition) is 2. The van der Waals surface area contributed by atoms with Crippen LogP contribution in [0.5, 0.6) is 5.75 Å². The van der Waals surface area contributed by atoms with Crippen LogP contribution in [-0.2, 0) is 7.05 Å². The van der Waals surface area contributed by atoms with E-state index in [1.54, 1.807) is 10.9 Å². The summed E-state index contributed by atoms with van der Waals surface area (Å²) in [5.74, 6) is -1.22. The van der Waals surface area contributed by atoms with Gasteiger partial charge in [-0.05, 0) is 31.0 Å². The molecule has 2 heterocycles. The number of aromatic hydroxyl groups is 1. The number of hydrogen-bond acceptors (Lipinski definition) is 4. The van der Waals surface area contributed by atoms with Crippen LogP contribution in [0.1, 0.15) is 23.2 Å². The summed E-state index contributed by atoms with van der Waals surface area (Å²) >= 11 is 0. The van der Waals surface area contributed by atoms with E-state index in [1.807, 2.05) is 13.2 Å². The number of aryl methyl sites for hydroxylation is 1. The lowest BCUT2D eigenvalue weighted by Gasteiger charge is -2.33. The molecule has 1 aromatic heterocycles. The van der Waals surface area contributed by atoms with Crippen LogP contribution >= 0.6 is 0 Å². The van der Waals surface area contributed by atoms with E-state index in [1.165, 1.54) is 6.07 Å². The van der Waals surface area contributed by atoms with Gasteiger partial charge in [0.25, 0.3) is 5.91 Å². The number of carbonyl (C=O) groups excluding carboxylic acids is 1.